The third kappa shape index (κ3) is 2.83. The van der Waals surface area contributed by atoms with Gasteiger partial charge in [0.15, 0.2) is 5.76 Å². The predicted octanol–water partition coefficient (Wildman–Crippen LogP) is 5.23. The Morgan fingerprint density at radius 2 is 2.08 bits per heavy atom. The van der Waals surface area contributed by atoms with E-state index in [0.29, 0.717) is 16.9 Å². The average Bonchev–Trinajstić information content (AvgIpc) is 3.46. The van der Waals surface area contributed by atoms with E-state index in [1.807, 2.05) is 54.0 Å². The molecule has 1 N–H and O–H groups in total. The van der Waals surface area contributed by atoms with Crippen LogP contribution in [-0.4, -0.2) is 20.3 Å². The first-order valence-electron chi connectivity index (χ1n) is 7.89. The van der Waals surface area contributed by atoms with Crippen molar-refractivity contribution < 1.29 is 8.94 Å². The summed E-state index contributed by atoms with van der Waals surface area (Å²) < 4.78 is 11.2. The summed E-state index contributed by atoms with van der Waals surface area (Å²) in [5, 5.41) is 16.0. The topological polar surface area (TPSA) is 80.7 Å². The maximum atomic E-state index is 5.80. The van der Waals surface area contributed by atoms with Crippen molar-refractivity contribution in [1.82, 2.24) is 20.3 Å². The Morgan fingerprint density at radius 1 is 1.12 bits per heavy atom. The highest BCUT2D eigenvalue weighted by Crippen LogP contribution is 2.31. The number of hydrogen-bond donors (Lipinski definition) is 1. The molecule has 0 radical (unpaired) electrons. The lowest BCUT2D eigenvalue weighted by Crippen LogP contribution is -1.79. The summed E-state index contributed by atoms with van der Waals surface area (Å²) in [4.78, 5) is 4.28. The lowest BCUT2D eigenvalue weighted by Gasteiger charge is -1.92. The van der Waals surface area contributed by atoms with Crippen LogP contribution in [-0.2, 0) is 5.75 Å². The van der Waals surface area contributed by atoms with Crippen LogP contribution >= 0.6 is 23.1 Å². The van der Waals surface area contributed by atoms with Crippen molar-refractivity contribution in [3.63, 3.8) is 0 Å². The molecular weight excluding hydrogens is 368 g/mol. The van der Waals surface area contributed by atoms with Gasteiger partial charge >= 0.3 is 0 Å². The standard InChI is InChI=1S/C18H12N4O2S2/c1-2-5-14-12(4-1)13(9-19-14)17-20-21-18(23-17)26-10-11-8-15(24-22-11)16-6-3-7-25-16/h1-9,19H,10H2. The molecular formula is C18H12N4O2S2. The first kappa shape index (κ1) is 15.4. The molecule has 26 heavy (non-hydrogen) atoms. The number of benzene rings is 1. The number of aromatic nitrogens is 4. The predicted molar refractivity (Wildman–Crippen MR) is 101 cm³/mol. The van der Waals surface area contributed by atoms with Crippen LogP contribution in [0.4, 0.5) is 0 Å². The molecule has 4 aromatic heterocycles. The first-order chi connectivity index (χ1) is 12.9. The molecule has 0 fully saturated rings. The monoisotopic (exact) mass is 380 g/mol. The molecule has 0 aliphatic rings. The van der Waals surface area contributed by atoms with Gasteiger partial charge < -0.3 is 13.9 Å². The van der Waals surface area contributed by atoms with Crippen molar-refractivity contribution in [1.29, 1.82) is 0 Å². The Balaban J connectivity index is 1.32. The smallest absolute Gasteiger partial charge is 0.277 e. The Bertz CT molecular complexity index is 1160. The minimum atomic E-state index is 0.504. The zero-order valence-corrected chi connectivity index (χ0v) is 15.0. The highest BCUT2D eigenvalue weighted by Gasteiger charge is 2.14. The first-order valence-corrected chi connectivity index (χ1v) is 9.75. The van der Waals surface area contributed by atoms with Crippen LogP contribution in [0, 0.1) is 0 Å². The molecule has 1 aromatic carbocycles. The molecule has 0 atom stereocenters. The van der Waals surface area contributed by atoms with Crippen LogP contribution in [0.1, 0.15) is 5.69 Å². The Morgan fingerprint density at radius 3 is 3.00 bits per heavy atom. The maximum absolute atomic E-state index is 5.80. The van der Waals surface area contributed by atoms with Gasteiger partial charge in [0.2, 0.25) is 0 Å². The van der Waals surface area contributed by atoms with Gasteiger partial charge in [0.1, 0.15) is 0 Å². The van der Waals surface area contributed by atoms with E-state index in [9.17, 15) is 0 Å². The Labute approximate surface area is 156 Å². The van der Waals surface area contributed by atoms with Crippen molar-refractivity contribution in [2.24, 2.45) is 0 Å². The molecule has 0 aliphatic carbocycles. The van der Waals surface area contributed by atoms with Crippen LogP contribution in [0.25, 0.3) is 33.0 Å². The molecule has 0 amide bonds. The third-order valence-electron chi connectivity index (χ3n) is 3.89. The lowest BCUT2D eigenvalue weighted by atomic mass is 10.2. The van der Waals surface area contributed by atoms with Crippen molar-refractivity contribution in [2.45, 2.75) is 11.0 Å². The van der Waals surface area contributed by atoms with E-state index in [2.05, 4.69) is 20.3 Å². The van der Waals surface area contributed by atoms with Crippen LogP contribution in [0.15, 0.2) is 68.2 Å². The van der Waals surface area contributed by atoms with Gasteiger partial charge in [0.05, 0.1) is 16.1 Å². The highest BCUT2D eigenvalue weighted by molar-refractivity contribution is 7.98. The second-order valence-corrected chi connectivity index (χ2v) is 7.44. The number of nitrogens with one attached hydrogen (secondary N) is 1. The second kappa shape index (κ2) is 6.47. The van der Waals surface area contributed by atoms with Gasteiger partial charge in [-0.2, -0.15) is 0 Å². The largest absolute Gasteiger partial charge is 0.411 e. The molecule has 0 unspecified atom stereocenters. The van der Waals surface area contributed by atoms with Crippen LogP contribution in [0.2, 0.25) is 0 Å². The van der Waals surface area contributed by atoms with Crippen molar-refractivity contribution >= 4 is 34.0 Å². The van der Waals surface area contributed by atoms with E-state index in [-0.39, 0.29) is 0 Å². The van der Waals surface area contributed by atoms with Gasteiger partial charge in [-0.1, -0.05) is 41.2 Å². The molecule has 8 heteroatoms. The fraction of sp³-hybridized carbons (Fsp3) is 0.0556. The van der Waals surface area contributed by atoms with Gasteiger partial charge in [-0.15, -0.1) is 21.5 Å². The van der Waals surface area contributed by atoms with Gasteiger partial charge in [-0.3, -0.25) is 0 Å². The quantitative estimate of drug-likeness (QED) is 0.421. The Hall–Kier alpha value is -2.84. The van der Waals surface area contributed by atoms with Crippen LogP contribution in [0.5, 0.6) is 0 Å². The summed E-state index contributed by atoms with van der Waals surface area (Å²) >= 11 is 3.06. The van der Waals surface area contributed by atoms with E-state index >= 15 is 0 Å². The fourth-order valence-corrected chi connectivity index (χ4v) is 3.99. The number of H-pyrrole nitrogens is 1. The van der Waals surface area contributed by atoms with E-state index in [1.54, 1.807) is 11.3 Å². The molecule has 6 nitrogen and oxygen atoms in total. The second-order valence-electron chi connectivity index (χ2n) is 5.57. The van der Waals surface area contributed by atoms with E-state index in [4.69, 9.17) is 8.94 Å². The molecule has 128 valence electrons. The van der Waals surface area contributed by atoms with Crippen molar-refractivity contribution in [3.8, 4) is 22.1 Å². The number of nitrogens with zero attached hydrogens (tertiary/aromatic N) is 3. The van der Waals surface area contributed by atoms with Crippen LogP contribution < -0.4 is 0 Å². The van der Waals surface area contributed by atoms with Crippen molar-refractivity contribution in [3.05, 3.63) is 59.7 Å². The molecule has 0 saturated carbocycles. The lowest BCUT2D eigenvalue weighted by molar-refractivity contribution is 0.427. The molecule has 0 saturated heterocycles. The zero-order chi connectivity index (χ0) is 17.3. The number of hydrogen-bond acceptors (Lipinski definition) is 7. The average molecular weight is 380 g/mol. The molecule has 0 aliphatic heterocycles. The number of fused-ring (bicyclic) bond motifs is 1. The van der Waals surface area contributed by atoms with E-state index in [0.717, 1.165) is 32.8 Å². The van der Waals surface area contributed by atoms with Crippen molar-refractivity contribution in [2.75, 3.05) is 0 Å². The zero-order valence-electron chi connectivity index (χ0n) is 13.4. The molecule has 4 heterocycles. The number of aromatic amines is 1. The number of thiophene rings is 1. The Kier molecular flexibility index (Phi) is 3.84. The summed E-state index contributed by atoms with van der Waals surface area (Å²) in [5.41, 5.74) is 2.78. The number of rotatable bonds is 5. The molecule has 5 rings (SSSR count). The SMILES string of the molecule is c1csc(-c2cc(CSc3nnc(-c4c[nH]c5ccccc45)o3)no2)c1. The normalized spacial score (nSPS) is 11.4. The molecule has 0 spiro atoms. The van der Waals surface area contributed by atoms with E-state index < -0.39 is 0 Å². The third-order valence-corrected chi connectivity index (χ3v) is 5.63. The summed E-state index contributed by atoms with van der Waals surface area (Å²) in [6, 6.07) is 14.0. The van der Waals surface area contributed by atoms with E-state index in [1.165, 1.54) is 11.8 Å². The summed E-state index contributed by atoms with van der Waals surface area (Å²) in [7, 11) is 0. The van der Waals surface area contributed by atoms with Gasteiger partial charge in [-0.05, 0) is 17.5 Å². The summed E-state index contributed by atoms with van der Waals surface area (Å²) in [6.45, 7) is 0. The summed E-state index contributed by atoms with van der Waals surface area (Å²) in [5.74, 6) is 1.88. The van der Waals surface area contributed by atoms with Gasteiger partial charge in [-0.25, -0.2) is 0 Å². The molecule has 0 bridgehead atoms. The number of thioether (sulfide) groups is 1. The minimum absolute atomic E-state index is 0.504. The van der Waals surface area contributed by atoms with Gasteiger partial charge in [0, 0.05) is 28.9 Å². The van der Waals surface area contributed by atoms with Gasteiger partial charge in [0.25, 0.3) is 11.1 Å². The minimum Gasteiger partial charge on any atom is -0.411 e. The van der Waals surface area contributed by atoms with Crippen LogP contribution in [0.3, 0.4) is 0 Å². The summed E-state index contributed by atoms with van der Waals surface area (Å²) in [6.07, 6.45) is 1.89. The highest BCUT2D eigenvalue weighted by atomic mass is 32.2. The fourth-order valence-electron chi connectivity index (χ4n) is 2.68. The maximum Gasteiger partial charge on any atom is 0.277 e. The molecule has 5 aromatic rings. The number of para-hydroxylation sites is 1.